The van der Waals surface area contributed by atoms with Crippen LogP contribution in [0.4, 0.5) is 5.69 Å². The van der Waals surface area contributed by atoms with E-state index in [0.717, 1.165) is 11.0 Å². The third kappa shape index (κ3) is 2.84. The Labute approximate surface area is 123 Å². The molecule has 0 saturated carbocycles. The van der Waals surface area contributed by atoms with E-state index in [1.54, 1.807) is 0 Å². The summed E-state index contributed by atoms with van der Waals surface area (Å²) in [4.78, 5) is 46.0. The zero-order chi connectivity index (χ0) is 15.7. The van der Waals surface area contributed by atoms with Gasteiger partial charge in [0.25, 0.3) is 17.5 Å². The number of carbonyl (C=O) groups is 3. The Morgan fingerprint density at radius 3 is 2.67 bits per heavy atom. The Hall–Kier alpha value is -2.48. The summed E-state index contributed by atoms with van der Waals surface area (Å²) in [5.41, 5.74) is -0.420. The van der Waals surface area contributed by atoms with Crippen LogP contribution in [-0.4, -0.2) is 40.6 Å². The SMILES string of the molecule is CN1C(=O)CC(NC(=O)c2ccc(Cl)c([N+](=O)[O-])c2)C1=O. The fourth-order valence-electron chi connectivity index (χ4n) is 1.90. The largest absolute Gasteiger partial charge is 0.340 e. The molecule has 2 rings (SSSR count). The van der Waals surface area contributed by atoms with Gasteiger partial charge in [0.2, 0.25) is 5.91 Å². The van der Waals surface area contributed by atoms with Gasteiger partial charge in [-0.05, 0) is 12.1 Å². The summed E-state index contributed by atoms with van der Waals surface area (Å²) in [6.07, 6.45) is -0.128. The van der Waals surface area contributed by atoms with E-state index in [0.29, 0.717) is 0 Å². The minimum atomic E-state index is -0.954. The molecule has 21 heavy (non-hydrogen) atoms. The number of likely N-dealkylation sites (tertiary alicyclic amines) is 1. The minimum absolute atomic E-state index is 0.0131. The standard InChI is InChI=1S/C12H10ClN3O5/c1-15-10(17)5-8(12(15)19)14-11(18)6-2-3-7(13)9(4-6)16(20)21/h2-4,8H,5H2,1H3,(H,14,18). The summed E-state index contributed by atoms with van der Waals surface area (Å²) in [5.74, 6) is -1.60. The highest BCUT2D eigenvalue weighted by molar-refractivity contribution is 6.32. The van der Waals surface area contributed by atoms with Crippen LogP contribution in [0.15, 0.2) is 18.2 Å². The van der Waals surface area contributed by atoms with Crippen LogP contribution in [0.3, 0.4) is 0 Å². The monoisotopic (exact) mass is 311 g/mol. The number of amides is 3. The van der Waals surface area contributed by atoms with Gasteiger partial charge in [0, 0.05) is 18.7 Å². The van der Waals surface area contributed by atoms with Crippen LogP contribution in [-0.2, 0) is 9.59 Å². The van der Waals surface area contributed by atoms with Gasteiger partial charge in [-0.2, -0.15) is 0 Å². The normalized spacial score (nSPS) is 18.0. The van der Waals surface area contributed by atoms with Crippen molar-refractivity contribution in [3.05, 3.63) is 38.9 Å². The van der Waals surface area contributed by atoms with E-state index in [2.05, 4.69) is 5.32 Å². The van der Waals surface area contributed by atoms with E-state index < -0.39 is 34.4 Å². The Morgan fingerprint density at radius 2 is 2.14 bits per heavy atom. The molecule has 110 valence electrons. The summed E-state index contributed by atoms with van der Waals surface area (Å²) in [7, 11) is 1.32. The zero-order valence-corrected chi connectivity index (χ0v) is 11.6. The Balaban J connectivity index is 2.18. The zero-order valence-electron chi connectivity index (χ0n) is 10.8. The smallest absolute Gasteiger partial charge is 0.288 e. The maximum atomic E-state index is 12.0. The number of hydrogen-bond acceptors (Lipinski definition) is 5. The van der Waals surface area contributed by atoms with Crippen molar-refractivity contribution in [1.82, 2.24) is 10.2 Å². The molecule has 1 N–H and O–H groups in total. The van der Waals surface area contributed by atoms with E-state index in [-0.39, 0.29) is 17.0 Å². The first-order chi connectivity index (χ1) is 9.81. The van der Waals surface area contributed by atoms with Crippen LogP contribution in [0, 0.1) is 10.1 Å². The number of nitrogens with zero attached hydrogens (tertiary/aromatic N) is 2. The van der Waals surface area contributed by atoms with Gasteiger partial charge in [0.1, 0.15) is 11.1 Å². The van der Waals surface area contributed by atoms with Crippen LogP contribution < -0.4 is 5.32 Å². The first-order valence-electron chi connectivity index (χ1n) is 5.86. The molecule has 1 unspecified atom stereocenters. The van der Waals surface area contributed by atoms with Crippen molar-refractivity contribution in [2.75, 3.05) is 7.05 Å². The molecule has 1 heterocycles. The van der Waals surface area contributed by atoms with E-state index in [4.69, 9.17) is 11.6 Å². The number of benzene rings is 1. The average molecular weight is 312 g/mol. The third-order valence-electron chi connectivity index (χ3n) is 3.09. The lowest BCUT2D eigenvalue weighted by Gasteiger charge is -2.11. The van der Waals surface area contributed by atoms with Crippen LogP contribution >= 0.6 is 11.6 Å². The molecule has 0 radical (unpaired) electrons. The van der Waals surface area contributed by atoms with Crippen LogP contribution in [0.1, 0.15) is 16.8 Å². The van der Waals surface area contributed by atoms with E-state index in [1.165, 1.54) is 19.2 Å². The number of rotatable bonds is 3. The second-order valence-electron chi connectivity index (χ2n) is 4.44. The summed E-state index contributed by atoms with van der Waals surface area (Å²) in [6, 6.07) is 2.59. The van der Waals surface area contributed by atoms with Crippen molar-refractivity contribution in [1.29, 1.82) is 0 Å². The van der Waals surface area contributed by atoms with Crippen molar-refractivity contribution in [2.45, 2.75) is 12.5 Å². The van der Waals surface area contributed by atoms with Crippen molar-refractivity contribution >= 4 is 35.0 Å². The lowest BCUT2D eigenvalue weighted by molar-refractivity contribution is -0.384. The summed E-state index contributed by atoms with van der Waals surface area (Å²) in [6.45, 7) is 0. The molecule has 0 spiro atoms. The molecule has 1 aliphatic heterocycles. The van der Waals surface area contributed by atoms with Gasteiger partial charge in [-0.3, -0.25) is 29.4 Å². The highest BCUT2D eigenvalue weighted by Gasteiger charge is 2.37. The quantitative estimate of drug-likeness (QED) is 0.503. The molecule has 0 bridgehead atoms. The first-order valence-corrected chi connectivity index (χ1v) is 6.24. The third-order valence-corrected chi connectivity index (χ3v) is 3.41. The summed E-state index contributed by atoms with van der Waals surface area (Å²) < 4.78 is 0. The number of imide groups is 1. The lowest BCUT2D eigenvalue weighted by Crippen LogP contribution is -2.40. The highest BCUT2D eigenvalue weighted by Crippen LogP contribution is 2.25. The fourth-order valence-corrected chi connectivity index (χ4v) is 2.09. The second kappa shape index (κ2) is 5.49. The molecule has 0 aliphatic carbocycles. The predicted molar refractivity (Wildman–Crippen MR) is 71.8 cm³/mol. The van der Waals surface area contributed by atoms with Crippen molar-refractivity contribution in [2.24, 2.45) is 0 Å². The topological polar surface area (TPSA) is 110 Å². The van der Waals surface area contributed by atoms with Crippen LogP contribution in [0.5, 0.6) is 0 Å². The van der Waals surface area contributed by atoms with Crippen LogP contribution in [0.25, 0.3) is 0 Å². The van der Waals surface area contributed by atoms with Gasteiger partial charge in [-0.25, -0.2) is 0 Å². The fraction of sp³-hybridized carbons (Fsp3) is 0.250. The average Bonchev–Trinajstić information content (AvgIpc) is 2.66. The van der Waals surface area contributed by atoms with E-state index in [9.17, 15) is 24.5 Å². The second-order valence-corrected chi connectivity index (χ2v) is 4.85. The van der Waals surface area contributed by atoms with Gasteiger partial charge < -0.3 is 5.32 Å². The molecule has 9 heteroatoms. The number of nitrogens with one attached hydrogen (secondary N) is 1. The number of hydrogen-bond donors (Lipinski definition) is 1. The van der Waals surface area contributed by atoms with Crippen molar-refractivity contribution < 1.29 is 19.3 Å². The maximum Gasteiger partial charge on any atom is 0.288 e. The van der Waals surface area contributed by atoms with Gasteiger partial charge >= 0.3 is 0 Å². The first kappa shape index (κ1) is 14.9. The number of halogens is 1. The molecule has 3 amide bonds. The van der Waals surface area contributed by atoms with Gasteiger partial charge in [-0.15, -0.1) is 0 Å². The number of nitro benzene ring substituents is 1. The molecular weight excluding hydrogens is 302 g/mol. The molecular formula is C12H10ClN3O5. The Bertz CT molecular complexity index is 660. The van der Waals surface area contributed by atoms with Gasteiger partial charge in [-0.1, -0.05) is 11.6 Å². The van der Waals surface area contributed by atoms with E-state index >= 15 is 0 Å². The molecule has 1 aliphatic rings. The van der Waals surface area contributed by atoms with Crippen molar-refractivity contribution in [3.8, 4) is 0 Å². The number of likely N-dealkylation sites (N-methyl/N-ethyl adjacent to an activating group) is 1. The summed E-state index contributed by atoms with van der Waals surface area (Å²) >= 11 is 5.65. The Kier molecular flexibility index (Phi) is 3.90. The minimum Gasteiger partial charge on any atom is -0.340 e. The number of carbonyl (C=O) groups excluding carboxylic acids is 3. The predicted octanol–water partition coefficient (Wildman–Crippen LogP) is 0.735. The van der Waals surface area contributed by atoms with Crippen LogP contribution in [0.2, 0.25) is 5.02 Å². The molecule has 1 aromatic rings. The highest BCUT2D eigenvalue weighted by atomic mass is 35.5. The number of nitro groups is 1. The lowest BCUT2D eigenvalue weighted by atomic mass is 10.1. The molecule has 1 saturated heterocycles. The molecule has 1 atom stereocenters. The van der Waals surface area contributed by atoms with E-state index in [1.807, 2.05) is 0 Å². The Morgan fingerprint density at radius 1 is 1.48 bits per heavy atom. The van der Waals surface area contributed by atoms with Gasteiger partial charge in [0.05, 0.1) is 11.3 Å². The maximum absolute atomic E-state index is 12.0. The van der Waals surface area contributed by atoms with Gasteiger partial charge in [0.15, 0.2) is 0 Å². The molecule has 1 fully saturated rings. The van der Waals surface area contributed by atoms with Crippen molar-refractivity contribution in [3.63, 3.8) is 0 Å². The molecule has 8 nitrogen and oxygen atoms in total. The summed E-state index contributed by atoms with van der Waals surface area (Å²) in [5, 5.41) is 13.0. The molecule has 0 aromatic heterocycles. The molecule has 1 aromatic carbocycles.